The van der Waals surface area contributed by atoms with Crippen molar-refractivity contribution in [3.63, 3.8) is 0 Å². The van der Waals surface area contributed by atoms with Crippen molar-refractivity contribution >= 4 is 29.9 Å². The van der Waals surface area contributed by atoms with Crippen LogP contribution in [0.1, 0.15) is 5.69 Å². The second-order valence-electron chi connectivity index (χ2n) is 2.56. The first-order valence-electron chi connectivity index (χ1n) is 3.56. The highest BCUT2D eigenvalue weighted by Crippen LogP contribution is 1.96. The number of hydrogen-bond donors (Lipinski definition) is 1. The van der Waals surface area contributed by atoms with E-state index in [1.807, 2.05) is 14.1 Å². The number of hydrogen-bond acceptors (Lipinski definition) is 3. The molecular formula is C7H13IN4O. The molecule has 0 aromatic carbocycles. The smallest absolute Gasteiger partial charge is 0.191 e. The Kier molecular flexibility index (Phi) is 5.44. The third-order valence-corrected chi connectivity index (χ3v) is 1.35. The summed E-state index contributed by atoms with van der Waals surface area (Å²) in [6, 6.07) is 1.76. The third kappa shape index (κ3) is 4.11. The Labute approximate surface area is 94.0 Å². The van der Waals surface area contributed by atoms with Crippen LogP contribution in [0.2, 0.25) is 0 Å². The molecule has 0 unspecified atom stereocenters. The van der Waals surface area contributed by atoms with Crippen LogP contribution in [0.5, 0.6) is 0 Å². The van der Waals surface area contributed by atoms with Crippen LogP contribution in [0.4, 0.5) is 0 Å². The molecule has 6 heteroatoms. The van der Waals surface area contributed by atoms with E-state index in [0.29, 0.717) is 12.5 Å². The molecule has 0 bridgehead atoms. The van der Waals surface area contributed by atoms with Crippen molar-refractivity contribution in [3.8, 4) is 0 Å². The van der Waals surface area contributed by atoms with Crippen molar-refractivity contribution in [1.29, 1.82) is 0 Å². The summed E-state index contributed by atoms with van der Waals surface area (Å²) in [5.41, 5.74) is 6.33. The second kappa shape index (κ2) is 5.79. The van der Waals surface area contributed by atoms with E-state index in [9.17, 15) is 0 Å². The van der Waals surface area contributed by atoms with E-state index in [0.717, 1.165) is 5.69 Å². The summed E-state index contributed by atoms with van der Waals surface area (Å²) >= 11 is 0. The molecule has 1 aromatic rings. The molecule has 0 amide bonds. The largest absolute Gasteiger partial charge is 0.370 e. The van der Waals surface area contributed by atoms with E-state index >= 15 is 0 Å². The van der Waals surface area contributed by atoms with Gasteiger partial charge in [-0.25, -0.2) is 4.99 Å². The Morgan fingerprint density at radius 3 is 2.85 bits per heavy atom. The zero-order valence-corrected chi connectivity index (χ0v) is 9.93. The van der Waals surface area contributed by atoms with Gasteiger partial charge in [0.05, 0.1) is 6.54 Å². The number of nitrogens with zero attached hydrogens (tertiary/aromatic N) is 3. The molecule has 2 N–H and O–H groups in total. The molecule has 0 saturated heterocycles. The molecule has 0 saturated carbocycles. The highest BCUT2D eigenvalue weighted by Gasteiger charge is 1.96. The lowest BCUT2D eigenvalue weighted by Crippen LogP contribution is -2.30. The van der Waals surface area contributed by atoms with Crippen LogP contribution in [0.25, 0.3) is 0 Å². The zero-order valence-electron chi connectivity index (χ0n) is 7.60. The van der Waals surface area contributed by atoms with E-state index in [1.165, 1.54) is 6.26 Å². The maximum atomic E-state index is 5.55. The van der Waals surface area contributed by atoms with E-state index in [2.05, 4.69) is 14.7 Å². The van der Waals surface area contributed by atoms with Gasteiger partial charge in [0.1, 0.15) is 12.0 Å². The first kappa shape index (κ1) is 12.2. The maximum absolute atomic E-state index is 5.55. The monoisotopic (exact) mass is 296 g/mol. The fourth-order valence-corrected chi connectivity index (χ4v) is 0.623. The predicted octanol–water partition coefficient (Wildman–Crippen LogP) is 0.669. The Morgan fingerprint density at radius 2 is 2.38 bits per heavy atom. The van der Waals surface area contributed by atoms with Crippen LogP contribution in [-0.2, 0) is 6.54 Å². The van der Waals surface area contributed by atoms with Crippen LogP contribution < -0.4 is 5.73 Å². The number of aliphatic imine (C=N–C) groups is 1. The van der Waals surface area contributed by atoms with Crippen molar-refractivity contribution < 1.29 is 4.52 Å². The molecule has 0 aliphatic heterocycles. The summed E-state index contributed by atoms with van der Waals surface area (Å²) in [5.74, 6) is 0.484. The van der Waals surface area contributed by atoms with Gasteiger partial charge in [0.25, 0.3) is 0 Å². The lowest BCUT2D eigenvalue weighted by atomic mass is 10.4. The molecule has 0 atom stereocenters. The SMILES string of the molecule is CN(C)C(N)=NCc1ccon1.I. The van der Waals surface area contributed by atoms with Gasteiger partial charge in [-0.1, -0.05) is 5.16 Å². The molecule has 1 aromatic heterocycles. The van der Waals surface area contributed by atoms with Crippen molar-refractivity contribution in [1.82, 2.24) is 10.1 Å². The lowest BCUT2D eigenvalue weighted by Gasteiger charge is -2.09. The topological polar surface area (TPSA) is 67.7 Å². The summed E-state index contributed by atoms with van der Waals surface area (Å²) in [4.78, 5) is 5.80. The summed E-state index contributed by atoms with van der Waals surface area (Å²) in [6.45, 7) is 0.459. The fourth-order valence-electron chi connectivity index (χ4n) is 0.623. The van der Waals surface area contributed by atoms with Crippen LogP contribution in [0.15, 0.2) is 21.8 Å². The third-order valence-electron chi connectivity index (χ3n) is 1.35. The highest BCUT2D eigenvalue weighted by molar-refractivity contribution is 14.0. The van der Waals surface area contributed by atoms with Crippen molar-refractivity contribution in [2.45, 2.75) is 6.54 Å². The Hall–Kier alpha value is -0.790. The molecule has 13 heavy (non-hydrogen) atoms. The van der Waals surface area contributed by atoms with Gasteiger partial charge in [-0.2, -0.15) is 0 Å². The molecule has 1 rings (SSSR count). The van der Waals surface area contributed by atoms with Gasteiger partial charge >= 0.3 is 0 Å². The van der Waals surface area contributed by atoms with Crippen LogP contribution >= 0.6 is 24.0 Å². The molecule has 1 heterocycles. The standard InChI is InChI=1S/C7H12N4O.HI/c1-11(2)7(8)9-5-6-3-4-12-10-6;/h3-4H,5H2,1-2H3,(H2,8,9);1H. The lowest BCUT2D eigenvalue weighted by molar-refractivity contribution is 0.412. The van der Waals surface area contributed by atoms with Gasteiger partial charge in [-0.3, -0.25) is 0 Å². The Bertz CT molecular complexity index is 257. The minimum Gasteiger partial charge on any atom is -0.370 e. The zero-order chi connectivity index (χ0) is 8.97. The Balaban J connectivity index is 0.00000144. The highest BCUT2D eigenvalue weighted by atomic mass is 127. The average Bonchev–Trinajstić information content (AvgIpc) is 2.51. The van der Waals surface area contributed by atoms with Gasteiger partial charge in [-0.15, -0.1) is 24.0 Å². The quantitative estimate of drug-likeness (QED) is 0.495. The van der Waals surface area contributed by atoms with Gasteiger partial charge in [-0.05, 0) is 0 Å². The van der Waals surface area contributed by atoms with Crippen LogP contribution in [-0.4, -0.2) is 30.1 Å². The molecule has 0 fully saturated rings. The van der Waals surface area contributed by atoms with Crippen LogP contribution in [0.3, 0.4) is 0 Å². The number of aromatic nitrogens is 1. The Morgan fingerprint density at radius 1 is 1.69 bits per heavy atom. The summed E-state index contributed by atoms with van der Waals surface area (Å²) < 4.78 is 4.63. The van der Waals surface area contributed by atoms with Crippen LogP contribution in [0, 0.1) is 0 Å². The first-order chi connectivity index (χ1) is 5.70. The molecule has 74 valence electrons. The number of halogens is 1. The summed E-state index contributed by atoms with van der Waals surface area (Å²) in [5, 5.41) is 3.69. The molecule has 0 aliphatic carbocycles. The van der Waals surface area contributed by atoms with Gasteiger partial charge in [0.15, 0.2) is 5.96 Å². The molecule has 0 spiro atoms. The summed E-state index contributed by atoms with van der Waals surface area (Å²) in [6.07, 6.45) is 1.51. The van der Waals surface area contributed by atoms with E-state index in [1.54, 1.807) is 11.0 Å². The average molecular weight is 296 g/mol. The fraction of sp³-hybridized carbons (Fsp3) is 0.429. The summed E-state index contributed by atoms with van der Waals surface area (Å²) in [7, 11) is 3.67. The van der Waals surface area contributed by atoms with Crippen molar-refractivity contribution in [3.05, 3.63) is 18.0 Å². The predicted molar refractivity (Wildman–Crippen MR) is 60.9 cm³/mol. The molecule has 5 nitrogen and oxygen atoms in total. The minimum absolute atomic E-state index is 0. The number of guanidine groups is 1. The molecule has 0 aliphatic rings. The van der Waals surface area contributed by atoms with E-state index in [4.69, 9.17) is 5.73 Å². The van der Waals surface area contributed by atoms with Gasteiger partial charge in [0, 0.05) is 20.2 Å². The van der Waals surface area contributed by atoms with Crippen molar-refractivity contribution in [2.75, 3.05) is 14.1 Å². The van der Waals surface area contributed by atoms with E-state index < -0.39 is 0 Å². The molecule has 0 radical (unpaired) electrons. The second-order valence-corrected chi connectivity index (χ2v) is 2.56. The first-order valence-corrected chi connectivity index (χ1v) is 3.56. The molecular weight excluding hydrogens is 283 g/mol. The van der Waals surface area contributed by atoms with Gasteiger partial charge < -0.3 is 15.2 Å². The number of rotatable bonds is 2. The van der Waals surface area contributed by atoms with E-state index in [-0.39, 0.29) is 24.0 Å². The normalized spacial score (nSPS) is 10.8. The minimum atomic E-state index is 0. The van der Waals surface area contributed by atoms with Gasteiger partial charge in [0.2, 0.25) is 0 Å². The maximum Gasteiger partial charge on any atom is 0.191 e. The number of nitrogens with two attached hydrogens (primary N) is 1. The van der Waals surface area contributed by atoms with Crippen molar-refractivity contribution in [2.24, 2.45) is 10.7 Å².